The lowest BCUT2D eigenvalue weighted by Gasteiger charge is -1.95. The first-order valence-corrected chi connectivity index (χ1v) is 5.79. The maximum absolute atomic E-state index is 5.65. The van der Waals surface area contributed by atoms with E-state index in [1.807, 2.05) is 36.5 Å². The van der Waals surface area contributed by atoms with Gasteiger partial charge in [0.05, 0.1) is 0 Å². The van der Waals surface area contributed by atoms with Gasteiger partial charge < -0.3 is 10.7 Å². The lowest BCUT2D eigenvalue weighted by molar-refractivity contribution is 1.33. The van der Waals surface area contributed by atoms with E-state index in [0.29, 0.717) is 0 Å². The quantitative estimate of drug-likeness (QED) is 0.669. The van der Waals surface area contributed by atoms with Crippen LogP contribution >= 0.6 is 0 Å². The van der Waals surface area contributed by atoms with Gasteiger partial charge in [-0.3, -0.25) is 0 Å². The molecular formula is C15H13N3. The Bertz CT molecular complexity index is 693. The molecule has 3 N–H and O–H groups in total. The van der Waals surface area contributed by atoms with Crippen LogP contribution in [0.25, 0.3) is 23.2 Å². The van der Waals surface area contributed by atoms with Crippen molar-refractivity contribution in [2.24, 2.45) is 0 Å². The topological polar surface area (TPSA) is 54.7 Å². The number of nitrogens with two attached hydrogens (primary N) is 1. The Hall–Kier alpha value is -2.55. The van der Waals surface area contributed by atoms with Crippen LogP contribution in [-0.4, -0.2) is 9.97 Å². The molecule has 0 radical (unpaired) electrons. The van der Waals surface area contributed by atoms with Gasteiger partial charge in [0.2, 0.25) is 0 Å². The van der Waals surface area contributed by atoms with Crippen LogP contribution in [0.4, 0.5) is 5.69 Å². The molecule has 18 heavy (non-hydrogen) atoms. The number of rotatable bonds is 2. The molecule has 0 saturated heterocycles. The molecule has 0 amide bonds. The number of nitrogens with one attached hydrogen (secondary N) is 1. The molecule has 0 aliphatic carbocycles. The maximum atomic E-state index is 5.65. The Labute approximate surface area is 105 Å². The Morgan fingerprint density at radius 3 is 2.72 bits per heavy atom. The Morgan fingerprint density at radius 1 is 1.06 bits per heavy atom. The van der Waals surface area contributed by atoms with Gasteiger partial charge in [0.1, 0.15) is 5.65 Å². The predicted molar refractivity (Wildman–Crippen MR) is 75.9 cm³/mol. The molecule has 2 heterocycles. The predicted octanol–water partition coefficient (Wildman–Crippen LogP) is 3.32. The third kappa shape index (κ3) is 1.98. The summed E-state index contributed by atoms with van der Waals surface area (Å²) >= 11 is 0. The van der Waals surface area contributed by atoms with Crippen molar-refractivity contribution in [1.29, 1.82) is 0 Å². The summed E-state index contributed by atoms with van der Waals surface area (Å²) in [6, 6.07) is 11.8. The number of pyridine rings is 1. The van der Waals surface area contributed by atoms with E-state index in [4.69, 9.17) is 5.73 Å². The van der Waals surface area contributed by atoms with Crippen LogP contribution in [-0.2, 0) is 0 Å². The Kier molecular flexibility index (Phi) is 2.57. The smallest absolute Gasteiger partial charge is 0.137 e. The van der Waals surface area contributed by atoms with Crippen molar-refractivity contribution >= 4 is 28.9 Å². The van der Waals surface area contributed by atoms with Crippen LogP contribution in [0.5, 0.6) is 0 Å². The number of anilines is 1. The number of fused-ring (bicyclic) bond motifs is 1. The van der Waals surface area contributed by atoms with Crippen LogP contribution in [0.2, 0.25) is 0 Å². The molecule has 0 aliphatic rings. The standard InChI is InChI=1S/C15H13N3/c16-13-7-4-11(5-8-13)3-6-12-10-18-15-14(12)2-1-9-17-15/h1-10H,16H2,(H,17,18)/b6-3-. The number of hydrogen-bond donors (Lipinski definition) is 2. The van der Waals surface area contributed by atoms with Gasteiger partial charge in [0, 0.05) is 29.0 Å². The highest BCUT2D eigenvalue weighted by Crippen LogP contribution is 2.18. The van der Waals surface area contributed by atoms with Gasteiger partial charge in [-0.15, -0.1) is 0 Å². The molecule has 3 nitrogen and oxygen atoms in total. The summed E-state index contributed by atoms with van der Waals surface area (Å²) in [5, 5.41) is 1.13. The zero-order valence-corrected chi connectivity index (χ0v) is 9.80. The fourth-order valence-corrected chi connectivity index (χ4v) is 1.91. The molecular weight excluding hydrogens is 222 g/mol. The largest absolute Gasteiger partial charge is 0.399 e. The number of nitrogens with zero attached hydrogens (tertiary/aromatic N) is 1. The summed E-state index contributed by atoms with van der Waals surface area (Å²) in [6.07, 6.45) is 7.89. The summed E-state index contributed by atoms with van der Waals surface area (Å²) < 4.78 is 0. The van der Waals surface area contributed by atoms with Gasteiger partial charge >= 0.3 is 0 Å². The molecule has 0 fully saturated rings. The van der Waals surface area contributed by atoms with E-state index >= 15 is 0 Å². The molecule has 2 aromatic heterocycles. The number of nitrogen functional groups attached to an aromatic ring is 1. The first-order valence-electron chi connectivity index (χ1n) is 5.79. The molecule has 88 valence electrons. The molecule has 0 atom stereocenters. The van der Waals surface area contributed by atoms with Crippen molar-refractivity contribution in [1.82, 2.24) is 9.97 Å². The number of hydrogen-bond acceptors (Lipinski definition) is 2. The van der Waals surface area contributed by atoms with Gasteiger partial charge in [-0.05, 0) is 29.8 Å². The first-order chi connectivity index (χ1) is 8.83. The Morgan fingerprint density at radius 2 is 1.89 bits per heavy atom. The number of H-pyrrole nitrogens is 1. The van der Waals surface area contributed by atoms with Crippen LogP contribution in [0.3, 0.4) is 0 Å². The first kappa shape index (κ1) is 10.6. The zero-order chi connectivity index (χ0) is 12.4. The van der Waals surface area contributed by atoms with Crippen LogP contribution in [0, 0.1) is 0 Å². The molecule has 0 unspecified atom stereocenters. The van der Waals surface area contributed by atoms with Crippen molar-refractivity contribution in [2.45, 2.75) is 0 Å². The highest BCUT2D eigenvalue weighted by molar-refractivity contribution is 5.89. The van der Waals surface area contributed by atoms with Crippen LogP contribution in [0.1, 0.15) is 11.1 Å². The third-order valence-electron chi connectivity index (χ3n) is 2.87. The molecule has 3 rings (SSSR count). The minimum atomic E-state index is 0.781. The molecule has 0 aliphatic heterocycles. The lowest BCUT2D eigenvalue weighted by atomic mass is 10.1. The van der Waals surface area contributed by atoms with Crippen LogP contribution in [0.15, 0.2) is 48.8 Å². The SMILES string of the molecule is Nc1ccc(/C=C\c2c[nH]c3ncccc23)cc1. The van der Waals surface area contributed by atoms with E-state index in [-0.39, 0.29) is 0 Å². The summed E-state index contributed by atoms with van der Waals surface area (Å²) in [5.74, 6) is 0. The van der Waals surface area contributed by atoms with Gasteiger partial charge in [-0.2, -0.15) is 0 Å². The Balaban J connectivity index is 1.94. The number of benzene rings is 1. The second kappa shape index (κ2) is 4.37. The van der Waals surface area contributed by atoms with Gasteiger partial charge in [-0.1, -0.05) is 24.3 Å². The molecule has 3 aromatic rings. The van der Waals surface area contributed by atoms with Crippen LogP contribution < -0.4 is 5.73 Å². The highest BCUT2D eigenvalue weighted by atomic mass is 14.8. The van der Waals surface area contributed by atoms with E-state index in [0.717, 1.165) is 27.8 Å². The van der Waals surface area contributed by atoms with Crippen molar-refractivity contribution in [3.8, 4) is 0 Å². The van der Waals surface area contributed by atoms with Crippen molar-refractivity contribution in [3.63, 3.8) is 0 Å². The van der Waals surface area contributed by atoms with Gasteiger partial charge in [0.15, 0.2) is 0 Å². The fraction of sp³-hybridized carbons (Fsp3) is 0. The average Bonchev–Trinajstić information content (AvgIpc) is 2.82. The van der Waals surface area contributed by atoms with E-state index in [1.165, 1.54) is 0 Å². The lowest BCUT2D eigenvalue weighted by Crippen LogP contribution is -1.82. The third-order valence-corrected chi connectivity index (χ3v) is 2.87. The molecule has 1 aromatic carbocycles. The molecule has 0 bridgehead atoms. The van der Waals surface area contributed by atoms with Gasteiger partial charge in [-0.25, -0.2) is 4.98 Å². The minimum Gasteiger partial charge on any atom is -0.399 e. The zero-order valence-electron chi connectivity index (χ0n) is 9.80. The normalized spacial score (nSPS) is 11.3. The average molecular weight is 235 g/mol. The molecule has 0 spiro atoms. The van der Waals surface area contributed by atoms with E-state index in [9.17, 15) is 0 Å². The van der Waals surface area contributed by atoms with Crippen molar-refractivity contribution in [2.75, 3.05) is 5.73 Å². The second-order valence-electron chi connectivity index (χ2n) is 4.14. The summed E-state index contributed by atoms with van der Waals surface area (Å²) in [5.41, 5.74) is 9.61. The summed E-state index contributed by atoms with van der Waals surface area (Å²) in [6.45, 7) is 0. The monoisotopic (exact) mass is 235 g/mol. The highest BCUT2D eigenvalue weighted by Gasteiger charge is 1.99. The van der Waals surface area contributed by atoms with Gasteiger partial charge in [0.25, 0.3) is 0 Å². The molecule has 0 saturated carbocycles. The minimum absolute atomic E-state index is 0.781. The second-order valence-corrected chi connectivity index (χ2v) is 4.14. The number of aromatic nitrogens is 2. The van der Waals surface area contributed by atoms with Crippen molar-refractivity contribution < 1.29 is 0 Å². The number of aromatic amines is 1. The van der Waals surface area contributed by atoms with E-state index in [1.54, 1.807) is 6.20 Å². The summed E-state index contributed by atoms with van der Waals surface area (Å²) in [4.78, 5) is 7.41. The van der Waals surface area contributed by atoms with Crippen molar-refractivity contribution in [3.05, 3.63) is 59.9 Å². The van der Waals surface area contributed by atoms with E-state index < -0.39 is 0 Å². The van der Waals surface area contributed by atoms with E-state index in [2.05, 4.69) is 28.2 Å². The maximum Gasteiger partial charge on any atom is 0.137 e. The molecule has 3 heteroatoms. The summed E-state index contributed by atoms with van der Waals surface area (Å²) in [7, 11) is 0. The fourth-order valence-electron chi connectivity index (χ4n) is 1.91.